The Hall–Kier alpha value is -3.39. The average Bonchev–Trinajstić information content (AvgIpc) is 3.46. The predicted molar refractivity (Wildman–Crippen MR) is 142 cm³/mol. The van der Waals surface area contributed by atoms with E-state index in [9.17, 15) is 9.59 Å². The first-order chi connectivity index (χ1) is 17.9. The van der Waals surface area contributed by atoms with Crippen LogP contribution in [0.2, 0.25) is 0 Å². The van der Waals surface area contributed by atoms with Gasteiger partial charge in [0.05, 0.1) is 35.9 Å². The third-order valence-electron chi connectivity index (χ3n) is 7.77. The largest absolute Gasteiger partial charge is 0.497 e. The molecular formula is C29H30N2O5S. The summed E-state index contributed by atoms with van der Waals surface area (Å²) in [7, 11) is 3.18. The van der Waals surface area contributed by atoms with Crippen LogP contribution in [-0.4, -0.2) is 37.0 Å². The van der Waals surface area contributed by atoms with Gasteiger partial charge in [-0.15, -0.1) is 0 Å². The minimum Gasteiger partial charge on any atom is -0.497 e. The smallest absolute Gasteiger partial charge is 0.296 e. The first kappa shape index (κ1) is 24.0. The van der Waals surface area contributed by atoms with E-state index in [0.29, 0.717) is 33.7 Å². The second-order valence-electron chi connectivity index (χ2n) is 10.2. The summed E-state index contributed by atoms with van der Waals surface area (Å²) in [6, 6.07) is 10.9. The number of amides is 1. The third-order valence-corrected chi connectivity index (χ3v) is 8.79. The van der Waals surface area contributed by atoms with Crippen LogP contribution < -0.4 is 14.4 Å². The van der Waals surface area contributed by atoms with Crippen LogP contribution in [0.1, 0.15) is 62.6 Å². The lowest BCUT2D eigenvalue weighted by Crippen LogP contribution is -2.39. The van der Waals surface area contributed by atoms with E-state index in [2.05, 4.69) is 26.0 Å². The van der Waals surface area contributed by atoms with Gasteiger partial charge < -0.3 is 14.2 Å². The standard InChI is InChI=1S/C29H30N2O5S/c1-15(2)16-9-11-20-23(13-16)37-29(30-20)31-25(19-14-17(34-3)10-12-21(19)35-4)24-26(32)18-7-5-6-8-22(18)36-27(24)28(31)33/h9-15,18,22,25H,5-8H2,1-4H3. The molecule has 1 saturated carbocycles. The van der Waals surface area contributed by atoms with Crippen molar-refractivity contribution in [3.8, 4) is 11.5 Å². The zero-order valence-electron chi connectivity index (χ0n) is 21.4. The van der Waals surface area contributed by atoms with E-state index >= 15 is 0 Å². The summed E-state index contributed by atoms with van der Waals surface area (Å²) >= 11 is 1.45. The third kappa shape index (κ3) is 3.81. The minimum atomic E-state index is -0.715. The van der Waals surface area contributed by atoms with Gasteiger partial charge in [-0.25, -0.2) is 4.98 Å². The number of nitrogens with zero attached hydrogens (tertiary/aromatic N) is 2. The van der Waals surface area contributed by atoms with Crippen LogP contribution in [0.5, 0.6) is 11.5 Å². The number of methoxy groups -OCH3 is 2. The van der Waals surface area contributed by atoms with Gasteiger partial charge in [0.2, 0.25) is 0 Å². The number of hydrogen-bond donors (Lipinski definition) is 0. The van der Waals surface area contributed by atoms with Crippen molar-refractivity contribution in [2.45, 2.75) is 57.6 Å². The van der Waals surface area contributed by atoms with Crippen molar-refractivity contribution in [2.75, 3.05) is 19.1 Å². The van der Waals surface area contributed by atoms with Gasteiger partial charge in [-0.05, 0) is 61.1 Å². The Morgan fingerprint density at radius 1 is 1.05 bits per heavy atom. The second-order valence-corrected chi connectivity index (χ2v) is 11.2. The molecule has 1 amide bonds. The van der Waals surface area contributed by atoms with E-state index in [1.165, 1.54) is 16.9 Å². The van der Waals surface area contributed by atoms with Gasteiger partial charge in [-0.1, -0.05) is 37.7 Å². The number of ether oxygens (including phenoxy) is 3. The molecule has 1 fully saturated rings. The topological polar surface area (TPSA) is 78.0 Å². The van der Waals surface area contributed by atoms with Crippen LogP contribution in [0.3, 0.4) is 0 Å². The molecule has 3 aromatic rings. The lowest BCUT2D eigenvalue weighted by molar-refractivity contribution is -0.131. The summed E-state index contributed by atoms with van der Waals surface area (Å²) in [4.78, 5) is 34.5. The van der Waals surface area contributed by atoms with Crippen LogP contribution in [0.25, 0.3) is 10.2 Å². The molecule has 3 unspecified atom stereocenters. The minimum absolute atomic E-state index is 0.000113. The summed E-state index contributed by atoms with van der Waals surface area (Å²) in [6.45, 7) is 4.30. The number of benzene rings is 2. The number of carbonyl (C=O) groups is 2. The first-order valence-corrected chi connectivity index (χ1v) is 13.6. The Labute approximate surface area is 220 Å². The molecule has 192 valence electrons. The van der Waals surface area contributed by atoms with E-state index in [1.807, 2.05) is 12.1 Å². The Morgan fingerprint density at radius 2 is 1.86 bits per heavy atom. The molecule has 3 heterocycles. The molecule has 0 radical (unpaired) electrons. The molecule has 3 aliphatic rings. The predicted octanol–water partition coefficient (Wildman–Crippen LogP) is 5.94. The maximum Gasteiger partial charge on any atom is 0.296 e. The second kappa shape index (κ2) is 9.17. The van der Waals surface area contributed by atoms with Gasteiger partial charge in [0.25, 0.3) is 5.91 Å². The summed E-state index contributed by atoms with van der Waals surface area (Å²) in [5, 5.41) is 0.532. The van der Waals surface area contributed by atoms with Crippen LogP contribution >= 0.6 is 11.3 Å². The molecule has 6 rings (SSSR count). The SMILES string of the molecule is COc1ccc(OC)c(C2C3=C(OC4CCCCC4C3=O)C(=O)N2c2nc3ccc(C(C)C)cc3s2)c1. The van der Waals surface area contributed by atoms with Gasteiger partial charge in [0.15, 0.2) is 16.7 Å². The monoisotopic (exact) mass is 518 g/mol. The van der Waals surface area contributed by atoms with Crippen molar-refractivity contribution in [2.24, 2.45) is 5.92 Å². The molecule has 0 N–H and O–H groups in total. The maximum absolute atomic E-state index is 14.0. The molecule has 37 heavy (non-hydrogen) atoms. The van der Waals surface area contributed by atoms with Gasteiger partial charge in [-0.3, -0.25) is 14.5 Å². The van der Waals surface area contributed by atoms with Gasteiger partial charge >= 0.3 is 0 Å². The van der Waals surface area contributed by atoms with Gasteiger partial charge in [0, 0.05) is 5.56 Å². The van der Waals surface area contributed by atoms with Crippen molar-refractivity contribution in [1.82, 2.24) is 4.98 Å². The fourth-order valence-corrected chi connectivity index (χ4v) is 6.82. The Kier molecular flexibility index (Phi) is 5.94. The normalized spacial score (nSPS) is 23.4. The zero-order valence-corrected chi connectivity index (χ0v) is 22.3. The summed E-state index contributed by atoms with van der Waals surface area (Å²) in [5.74, 6) is 1.15. The number of aromatic nitrogens is 1. The number of fused-ring (bicyclic) bond motifs is 2. The van der Waals surface area contributed by atoms with Crippen molar-refractivity contribution >= 4 is 38.4 Å². The van der Waals surface area contributed by atoms with Crippen LogP contribution in [0, 0.1) is 5.92 Å². The van der Waals surface area contributed by atoms with Crippen molar-refractivity contribution in [1.29, 1.82) is 0 Å². The van der Waals surface area contributed by atoms with Crippen molar-refractivity contribution < 1.29 is 23.8 Å². The molecule has 0 saturated heterocycles. The molecule has 2 aliphatic heterocycles. The average molecular weight is 519 g/mol. The van der Waals surface area contributed by atoms with Crippen LogP contribution in [-0.2, 0) is 14.3 Å². The van der Waals surface area contributed by atoms with Crippen molar-refractivity contribution in [3.63, 3.8) is 0 Å². The highest BCUT2D eigenvalue weighted by molar-refractivity contribution is 7.22. The number of rotatable bonds is 5. The Bertz CT molecular complexity index is 1440. The molecule has 0 spiro atoms. The van der Waals surface area contributed by atoms with E-state index in [1.54, 1.807) is 31.3 Å². The molecule has 1 aliphatic carbocycles. The molecule has 3 atom stereocenters. The van der Waals surface area contributed by atoms with Crippen molar-refractivity contribution in [3.05, 3.63) is 58.9 Å². The maximum atomic E-state index is 14.0. The number of thiazole rings is 1. The number of hydrogen-bond acceptors (Lipinski definition) is 7. The van der Waals surface area contributed by atoms with E-state index in [-0.39, 0.29) is 29.5 Å². The van der Waals surface area contributed by atoms with E-state index in [0.717, 1.165) is 35.9 Å². The van der Waals surface area contributed by atoms with Gasteiger partial charge in [-0.2, -0.15) is 0 Å². The molecule has 1 aromatic heterocycles. The highest BCUT2D eigenvalue weighted by Crippen LogP contribution is 2.51. The van der Waals surface area contributed by atoms with Crippen LogP contribution in [0.15, 0.2) is 47.7 Å². The molecule has 2 aromatic carbocycles. The van der Waals surface area contributed by atoms with E-state index in [4.69, 9.17) is 19.2 Å². The van der Waals surface area contributed by atoms with E-state index < -0.39 is 6.04 Å². The number of anilines is 1. The zero-order chi connectivity index (χ0) is 25.8. The lowest BCUT2D eigenvalue weighted by atomic mass is 9.77. The highest BCUT2D eigenvalue weighted by Gasteiger charge is 2.53. The quantitative estimate of drug-likeness (QED) is 0.416. The Balaban J connectivity index is 1.54. The highest BCUT2D eigenvalue weighted by atomic mass is 32.1. The van der Waals surface area contributed by atoms with Crippen LogP contribution in [0.4, 0.5) is 5.13 Å². The molecule has 8 heteroatoms. The summed E-state index contributed by atoms with van der Waals surface area (Å²) in [5.41, 5.74) is 3.11. The number of ketones is 1. The van der Waals surface area contributed by atoms with Gasteiger partial charge in [0.1, 0.15) is 23.6 Å². The fourth-order valence-electron chi connectivity index (χ4n) is 5.78. The summed E-state index contributed by atoms with van der Waals surface area (Å²) in [6.07, 6.45) is 3.29. The molecule has 0 bridgehead atoms. The number of Topliss-reactive ketones (excluding diaryl/α,β-unsaturated/α-hetero) is 1. The fraction of sp³-hybridized carbons (Fsp3) is 0.414. The Morgan fingerprint density at radius 3 is 2.62 bits per heavy atom. The lowest BCUT2D eigenvalue weighted by Gasteiger charge is -2.35. The first-order valence-electron chi connectivity index (χ1n) is 12.8. The number of carbonyl (C=O) groups excluding carboxylic acids is 2. The molecule has 7 nitrogen and oxygen atoms in total. The summed E-state index contributed by atoms with van der Waals surface area (Å²) < 4.78 is 18.5. The molecular weight excluding hydrogens is 488 g/mol.